The Hall–Kier alpha value is -0.570. The number of carbonyl (C=O) groups is 1. The van der Waals surface area contributed by atoms with Gasteiger partial charge in [0.05, 0.1) is 0 Å². The van der Waals surface area contributed by atoms with E-state index in [1.165, 1.54) is 19.3 Å². The fourth-order valence-electron chi connectivity index (χ4n) is 1.55. The van der Waals surface area contributed by atoms with Crippen LogP contribution in [0.4, 0.5) is 0 Å². The van der Waals surface area contributed by atoms with E-state index in [1.807, 2.05) is 13.8 Å². The number of nitrogens with two attached hydrogens (primary N) is 1. The molecule has 1 aliphatic rings. The molecule has 0 atom stereocenters. The molecule has 1 aliphatic carbocycles. The van der Waals surface area contributed by atoms with Crippen LogP contribution < -0.4 is 11.1 Å². The Balaban J connectivity index is 1.93. The molecule has 0 heterocycles. The molecule has 0 spiro atoms. The summed E-state index contributed by atoms with van der Waals surface area (Å²) in [5.74, 6) is 1.11. The van der Waals surface area contributed by atoms with Crippen LogP contribution in [0.5, 0.6) is 0 Å². The molecule has 0 radical (unpaired) electrons. The van der Waals surface area contributed by atoms with E-state index < -0.39 is 0 Å². The molecule has 1 amide bonds. The average Bonchev–Trinajstić information content (AvgIpc) is 2.91. The van der Waals surface area contributed by atoms with Gasteiger partial charge in [0.1, 0.15) is 0 Å². The van der Waals surface area contributed by atoms with Crippen LogP contribution in [-0.4, -0.2) is 18.0 Å². The topological polar surface area (TPSA) is 55.1 Å². The van der Waals surface area contributed by atoms with E-state index in [2.05, 4.69) is 5.32 Å². The predicted octanol–water partition coefficient (Wildman–Crippen LogP) is 1.81. The first-order valence-electron chi connectivity index (χ1n) is 6.03. The molecule has 1 fully saturated rings. The maximum Gasteiger partial charge on any atom is 0.220 e. The van der Waals surface area contributed by atoms with Crippen molar-refractivity contribution in [2.75, 3.05) is 6.54 Å². The van der Waals surface area contributed by atoms with Crippen LogP contribution in [0.15, 0.2) is 0 Å². The first-order valence-corrected chi connectivity index (χ1v) is 6.03. The van der Waals surface area contributed by atoms with Crippen molar-refractivity contribution in [3.63, 3.8) is 0 Å². The van der Waals surface area contributed by atoms with Gasteiger partial charge in [-0.3, -0.25) is 4.79 Å². The summed E-state index contributed by atoms with van der Waals surface area (Å²) in [6, 6.07) is 0. The molecule has 88 valence electrons. The predicted molar refractivity (Wildman–Crippen MR) is 62.5 cm³/mol. The molecule has 0 bridgehead atoms. The van der Waals surface area contributed by atoms with Gasteiger partial charge in [0.2, 0.25) is 5.91 Å². The lowest BCUT2D eigenvalue weighted by Gasteiger charge is -2.17. The van der Waals surface area contributed by atoms with Gasteiger partial charge in [0.25, 0.3) is 0 Å². The minimum absolute atomic E-state index is 0.143. The van der Waals surface area contributed by atoms with Crippen molar-refractivity contribution in [1.29, 1.82) is 0 Å². The Morgan fingerprint density at radius 2 is 2.13 bits per heavy atom. The monoisotopic (exact) mass is 212 g/mol. The van der Waals surface area contributed by atoms with Gasteiger partial charge in [-0.05, 0) is 39.0 Å². The van der Waals surface area contributed by atoms with Gasteiger partial charge in [-0.1, -0.05) is 12.8 Å². The fraction of sp³-hybridized carbons (Fsp3) is 0.917. The van der Waals surface area contributed by atoms with Gasteiger partial charge >= 0.3 is 0 Å². The van der Waals surface area contributed by atoms with E-state index in [-0.39, 0.29) is 11.4 Å². The van der Waals surface area contributed by atoms with Crippen LogP contribution in [0.25, 0.3) is 0 Å². The Morgan fingerprint density at radius 3 is 2.67 bits per heavy atom. The Labute approximate surface area is 92.8 Å². The maximum atomic E-state index is 11.4. The molecule has 1 saturated carbocycles. The lowest BCUT2D eigenvalue weighted by molar-refractivity contribution is -0.121. The molecular weight excluding hydrogens is 188 g/mol. The summed E-state index contributed by atoms with van der Waals surface area (Å²) in [4.78, 5) is 11.4. The normalized spacial score (nSPS) is 16.5. The van der Waals surface area contributed by atoms with Crippen LogP contribution in [0.2, 0.25) is 0 Å². The second-order valence-electron chi connectivity index (χ2n) is 5.42. The second-order valence-corrected chi connectivity index (χ2v) is 5.42. The van der Waals surface area contributed by atoms with Crippen LogP contribution >= 0.6 is 0 Å². The van der Waals surface area contributed by atoms with Crippen molar-refractivity contribution in [2.24, 2.45) is 11.7 Å². The van der Waals surface area contributed by atoms with Crippen molar-refractivity contribution < 1.29 is 4.79 Å². The minimum atomic E-state index is -0.231. The van der Waals surface area contributed by atoms with E-state index in [1.54, 1.807) is 0 Å². The summed E-state index contributed by atoms with van der Waals surface area (Å²) in [6.07, 6.45) is 6.50. The van der Waals surface area contributed by atoms with Crippen molar-refractivity contribution >= 4 is 5.91 Å². The van der Waals surface area contributed by atoms with Crippen LogP contribution in [0, 0.1) is 5.92 Å². The molecule has 3 nitrogen and oxygen atoms in total. The molecular formula is C12H24N2O. The van der Waals surface area contributed by atoms with Gasteiger partial charge in [0, 0.05) is 18.5 Å². The molecule has 0 aromatic rings. The number of amides is 1. The second kappa shape index (κ2) is 5.50. The van der Waals surface area contributed by atoms with Crippen molar-refractivity contribution in [1.82, 2.24) is 5.32 Å². The molecule has 3 heteroatoms. The highest BCUT2D eigenvalue weighted by Gasteiger charge is 2.20. The van der Waals surface area contributed by atoms with Crippen molar-refractivity contribution in [3.05, 3.63) is 0 Å². The SMILES string of the molecule is CC(C)(N)CCC(=O)NCCCC1CC1. The zero-order chi connectivity index (χ0) is 11.3. The van der Waals surface area contributed by atoms with Crippen molar-refractivity contribution in [3.8, 4) is 0 Å². The van der Waals surface area contributed by atoms with E-state index in [0.29, 0.717) is 6.42 Å². The third-order valence-electron chi connectivity index (χ3n) is 2.80. The van der Waals surface area contributed by atoms with E-state index in [0.717, 1.165) is 25.3 Å². The molecule has 0 aromatic heterocycles. The highest BCUT2D eigenvalue weighted by atomic mass is 16.1. The fourth-order valence-corrected chi connectivity index (χ4v) is 1.55. The zero-order valence-electron chi connectivity index (χ0n) is 10.0. The van der Waals surface area contributed by atoms with Gasteiger partial charge in [-0.15, -0.1) is 0 Å². The minimum Gasteiger partial charge on any atom is -0.356 e. The molecule has 15 heavy (non-hydrogen) atoms. The summed E-state index contributed by atoms with van der Waals surface area (Å²) in [5, 5.41) is 2.94. The molecule has 1 rings (SSSR count). The van der Waals surface area contributed by atoms with E-state index in [9.17, 15) is 4.79 Å². The first kappa shape index (κ1) is 12.5. The largest absolute Gasteiger partial charge is 0.356 e. The highest BCUT2D eigenvalue weighted by Crippen LogP contribution is 2.33. The zero-order valence-corrected chi connectivity index (χ0v) is 10.0. The van der Waals surface area contributed by atoms with Gasteiger partial charge in [0.15, 0.2) is 0 Å². The molecule has 0 saturated heterocycles. The van der Waals surface area contributed by atoms with Crippen molar-refractivity contribution in [2.45, 2.75) is 57.9 Å². The highest BCUT2D eigenvalue weighted by molar-refractivity contribution is 5.75. The summed E-state index contributed by atoms with van der Waals surface area (Å²) in [6.45, 7) is 4.74. The van der Waals surface area contributed by atoms with E-state index in [4.69, 9.17) is 5.73 Å². The Kier molecular flexibility index (Phi) is 4.58. The number of hydrogen-bond donors (Lipinski definition) is 2. The number of carbonyl (C=O) groups excluding carboxylic acids is 1. The van der Waals surface area contributed by atoms with Gasteiger partial charge < -0.3 is 11.1 Å². The molecule has 3 N–H and O–H groups in total. The number of hydrogen-bond acceptors (Lipinski definition) is 2. The lowest BCUT2D eigenvalue weighted by atomic mass is 10.00. The molecule has 0 aliphatic heterocycles. The number of rotatable bonds is 7. The average molecular weight is 212 g/mol. The van der Waals surface area contributed by atoms with Crippen LogP contribution in [-0.2, 0) is 4.79 Å². The summed E-state index contributed by atoms with van der Waals surface area (Å²) < 4.78 is 0. The lowest BCUT2D eigenvalue weighted by Crippen LogP contribution is -2.34. The van der Waals surface area contributed by atoms with Crippen LogP contribution in [0.1, 0.15) is 52.4 Å². The number of nitrogens with one attached hydrogen (secondary N) is 1. The summed E-state index contributed by atoms with van der Waals surface area (Å²) >= 11 is 0. The third kappa shape index (κ3) is 7.37. The molecule has 0 aromatic carbocycles. The van der Waals surface area contributed by atoms with E-state index >= 15 is 0 Å². The summed E-state index contributed by atoms with van der Waals surface area (Å²) in [7, 11) is 0. The first-order chi connectivity index (χ1) is 6.97. The smallest absolute Gasteiger partial charge is 0.220 e. The van der Waals surface area contributed by atoms with Crippen LogP contribution in [0.3, 0.4) is 0 Å². The quantitative estimate of drug-likeness (QED) is 0.632. The standard InChI is InChI=1S/C12H24N2O/c1-12(2,13)8-7-11(15)14-9-3-4-10-5-6-10/h10H,3-9,13H2,1-2H3,(H,14,15). The Bertz CT molecular complexity index is 204. The Morgan fingerprint density at radius 1 is 1.47 bits per heavy atom. The van der Waals surface area contributed by atoms with Gasteiger partial charge in [-0.25, -0.2) is 0 Å². The third-order valence-corrected chi connectivity index (χ3v) is 2.80. The molecule has 0 unspecified atom stereocenters. The van der Waals surface area contributed by atoms with Gasteiger partial charge in [-0.2, -0.15) is 0 Å². The summed E-state index contributed by atoms with van der Waals surface area (Å²) in [5.41, 5.74) is 5.58. The maximum absolute atomic E-state index is 11.4.